The number of nitrogens with two attached hydrogens (primary N) is 1. The number of hydrogen-bond donors (Lipinski definition) is 2. The first kappa shape index (κ1) is 36.6. The van der Waals surface area contributed by atoms with Gasteiger partial charge in [0.1, 0.15) is 0 Å². The van der Waals surface area contributed by atoms with Crippen LogP contribution in [0.3, 0.4) is 0 Å². The summed E-state index contributed by atoms with van der Waals surface area (Å²) in [6.45, 7) is 1.88. The van der Waals surface area contributed by atoms with Crippen LogP contribution in [0.1, 0.15) is 45.2 Å². The molecule has 0 spiro atoms. The van der Waals surface area contributed by atoms with Crippen LogP contribution in [-0.2, 0) is 12.4 Å². The third-order valence-electron chi connectivity index (χ3n) is 10.5. The van der Waals surface area contributed by atoms with E-state index >= 15 is 0 Å². The van der Waals surface area contributed by atoms with Crippen molar-refractivity contribution in [2.75, 3.05) is 0 Å². The molecule has 1 aliphatic heterocycles. The van der Waals surface area contributed by atoms with E-state index in [9.17, 15) is 26.3 Å². The van der Waals surface area contributed by atoms with Gasteiger partial charge in [0.05, 0.1) is 45.1 Å². The van der Waals surface area contributed by atoms with Crippen LogP contribution in [0.2, 0.25) is 0 Å². The lowest BCUT2D eigenvalue weighted by Crippen LogP contribution is -2.23. The number of nitrogens with zero attached hydrogens (tertiary/aromatic N) is 4. The Bertz CT molecular complexity index is 2930. The average molecular weight is 783 g/mol. The maximum absolute atomic E-state index is 14.8. The van der Waals surface area contributed by atoms with E-state index in [1.54, 1.807) is 82.4 Å². The summed E-state index contributed by atoms with van der Waals surface area (Å²) in [5.74, 6) is 0. The zero-order chi connectivity index (χ0) is 40.3. The molecule has 0 radical (unpaired) electrons. The molecule has 9 rings (SSSR count). The molecular formula is C46H32F6N6. The molecule has 1 atom stereocenters. The molecule has 0 bridgehead atoms. The van der Waals surface area contributed by atoms with Crippen LogP contribution in [0.4, 0.5) is 26.3 Å². The maximum Gasteiger partial charge on any atom is 0.416 e. The number of pyridine rings is 2. The standard InChI is InChI=1S/C46H32F6N6/c1-27-35-8-2-4-11-42(35)57(41(27)13-15-53)33-20-28(18-31(24-33)45(47,48)49)29-22-39(56-40(23-29)38-10-6-7-16-55-38)30-19-32(46(50,51)52)25-34(21-30)58-43-12-5-3-9-36(43)37-26-54-17-14-44(37)58/h2-26,40,56H,53H2,1H3/b15-13-. The molecule has 4 aromatic carbocycles. The normalized spacial score (nSPS) is 15.0. The first-order valence-corrected chi connectivity index (χ1v) is 18.3. The predicted octanol–water partition coefficient (Wildman–Crippen LogP) is 11.6. The number of aryl methyl sites for hydroxylation is 1. The molecule has 5 heterocycles. The molecule has 58 heavy (non-hydrogen) atoms. The van der Waals surface area contributed by atoms with E-state index in [-0.39, 0.29) is 28.2 Å². The van der Waals surface area contributed by atoms with Gasteiger partial charge in [-0.15, -0.1) is 0 Å². The van der Waals surface area contributed by atoms with Crippen LogP contribution in [0.15, 0.2) is 146 Å². The second-order valence-electron chi connectivity index (χ2n) is 14.1. The highest BCUT2D eigenvalue weighted by molar-refractivity contribution is 6.09. The van der Waals surface area contributed by atoms with Gasteiger partial charge in [-0.2, -0.15) is 26.3 Å². The van der Waals surface area contributed by atoms with Crippen LogP contribution in [0.25, 0.3) is 61.4 Å². The second-order valence-corrected chi connectivity index (χ2v) is 14.1. The lowest BCUT2D eigenvalue weighted by atomic mass is 9.93. The molecule has 12 heteroatoms. The molecule has 0 aliphatic carbocycles. The van der Waals surface area contributed by atoms with E-state index in [0.29, 0.717) is 33.5 Å². The number of halogens is 6. The quantitative estimate of drug-likeness (QED) is 0.165. The Morgan fingerprint density at radius 1 is 0.672 bits per heavy atom. The highest BCUT2D eigenvalue weighted by atomic mass is 19.4. The zero-order valence-electron chi connectivity index (χ0n) is 30.6. The van der Waals surface area contributed by atoms with Gasteiger partial charge in [0, 0.05) is 57.4 Å². The molecular weight excluding hydrogens is 751 g/mol. The van der Waals surface area contributed by atoms with E-state index in [1.165, 1.54) is 6.20 Å². The summed E-state index contributed by atoms with van der Waals surface area (Å²) >= 11 is 0. The molecule has 0 amide bonds. The van der Waals surface area contributed by atoms with Gasteiger partial charge in [-0.05, 0) is 115 Å². The Labute approximate surface area is 327 Å². The van der Waals surface area contributed by atoms with Gasteiger partial charge in [-0.3, -0.25) is 9.97 Å². The third kappa shape index (κ3) is 6.36. The van der Waals surface area contributed by atoms with Gasteiger partial charge < -0.3 is 20.2 Å². The minimum absolute atomic E-state index is 0.172. The number of aromatic nitrogens is 4. The van der Waals surface area contributed by atoms with E-state index in [0.717, 1.165) is 46.0 Å². The molecule has 6 nitrogen and oxygen atoms in total. The summed E-state index contributed by atoms with van der Waals surface area (Å²) in [4.78, 5) is 8.77. The van der Waals surface area contributed by atoms with Gasteiger partial charge >= 0.3 is 12.4 Å². The summed E-state index contributed by atoms with van der Waals surface area (Å²) in [5.41, 5.74) is 9.47. The number of para-hydroxylation sites is 2. The Balaban J connectivity index is 1.28. The van der Waals surface area contributed by atoms with Crippen molar-refractivity contribution in [2.24, 2.45) is 5.73 Å². The van der Waals surface area contributed by atoms with E-state index < -0.39 is 29.5 Å². The summed E-state index contributed by atoms with van der Waals surface area (Å²) < 4.78 is 92.5. The number of allylic oxidation sites excluding steroid dienone is 2. The molecule has 4 aromatic heterocycles. The molecule has 3 N–H and O–H groups in total. The van der Waals surface area contributed by atoms with Crippen molar-refractivity contribution in [2.45, 2.75) is 25.3 Å². The zero-order valence-corrected chi connectivity index (χ0v) is 30.6. The fraction of sp³-hybridized carbons (Fsp3) is 0.0870. The van der Waals surface area contributed by atoms with Crippen molar-refractivity contribution < 1.29 is 26.3 Å². The van der Waals surface area contributed by atoms with E-state index in [4.69, 9.17) is 5.73 Å². The van der Waals surface area contributed by atoms with Gasteiger partial charge in [-0.1, -0.05) is 42.5 Å². The number of dihydropyridines is 1. The van der Waals surface area contributed by atoms with Crippen molar-refractivity contribution in [3.8, 4) is 11.4 Å². The van der Waals surface area contributed by atoms with E-state index in [2.05, 4.69) is 15.3 Å². The Hall–Kier alpha value is -7.08. The Morgan fingerprint density at radius 2 is 1.29 bits per heavy atom. The predicted molar refractivity (Wildman–Crippen MR) is 216 cm³/mol. The Kier molecular flexibility index (Phi) is 8.72. The number of hydrogen-bond acceptors (Lipinski definition) is 4. The van der Waals surface area contributed by atoms with Crippen molar-refractivity contribution >= 4 is 50.1 Å². The lowest BCUT2D eigenvalue weighted by Gasteiger charge is -2.26. The summed E-state index contributed by atoms with van der Waals surface area (Å²) in [6, 6.07) is 28.6. The van der Waals surface area contributed by atoms with Crippen LogP contribution in [0, 0.1) is 6.92 Å². The number of alkyl halides is 6. The minimum Gasteiger partial charge on any atom is -0.405 e. The van der Waals surface area contributed by atoms with Crippen LogP contribution >= 0.6 is 0 Å². The molecule has 8 aromatic rings. The fourth-order valence-electron chi connectivity index (χ4n) is 7.91. The number of nitrogens with one attached hydrogen (secondary N) is 1. The maximum atomic E-state index is 14.8. The third-order valence-corrected chi connectivity index (χ3v) is 10.5. The molecule has 288 valence electrons. The average Bonchev–Trinajstić information content (AvgIpc) is 3.71. The second kappa shape index (κ2) is 13.8. The SMILES string of the molecule is Cc1c(/C=C\N)n(-c2cc(C3=CC(c4ccccn4)NC(c4cc(-n5c6ccccc6c6cnccc65)cc(C(F)(F)F)c4)=C3)cc(C(F)(F)F)c2)c2ccccc12. The highest BCUT2D eigenvalue weighted by Gasteiger charge is 2.34. The van der Waals surface area contributed by atoms with Crippen LogP contribution in [0.5, 0.6) is 0 Å². The molecule has 1 aliphatic rings. The first-order valence-electron chi connectivity index (χ1n) is 18.3. The molecule has 0 fully saturated rings. The fourth-order valence-corrected chi connectivity index (χ4v) is 7.91. The smallest absolute Gasteiger partial charge is 0.405 e. The molecule has 0 saturated carbocycles. The van der Waals surface area contributed by atoms with Crippen molar-refractivity contribution in [3.05, 3.63) is 185 Å². The lowest BCUT2D eigenvalue weighted by molar-refractivity contribution is -0.138. The number of rotatable bonds is 6. The largest absolute Gasteiger partial charge is 0.416 e. The summed E-state index contributed by atoms with van der Waals surface area (Å²) in [6.07, 6.45) is 1.69. The topological polar surface area (TPSA) is 73.7 Å². The van der Waals surface area contributed by atoms with Crippen LogP contribution < -0.4 is 11.1 Å². The van der Waals surface area contributed by atoms with Crippen molar-refractivity contribution in [1.82, 2.24) is 24.4 Å². The Morgan fingerprint density at radius 3 is 1.98 bits per heavy atom. The first-order chi connectivity index (χ1) is 27.9. The van der Waals surface area contributed by atoms with Gasteiger partial charge in [-0.25, -0.2) is 0 Å². The van der Waals surface area contributed by atoms with Crippen molar-refractivity contribution in [3.63, 3.8) is 0 Å². The molecule has 0 saturated heterocycles. The summed E-state index contributed by atoms with van der Waals surface area (Å²) in [5, 5.41) is 5.76. The van der Waals surface area contributed by atoms with Crippen molar-refractivity contribution in [1.29, 1.82) is 0 Å². The molecule has 1 unspecified atom stereocenters. The van der Waals surface area contributed by atoms with E-state index in [1.807, 2.05) is 55.5 Å². The minimum atomic E-state index is -4.74. The van der Waals surface area contributed by atoms with Gasteiger partial charge in [0.25, 0.3) is 0 Å². The van der Waals surface area contributed by atoms with Gasteiger partial charge in [0.15, 0.2) is 0 Å². The highest BCUT2D eigenvalue weighted by Crippen LogP contribution is 2.41. The number of benzene rings is 4. The monoisotopic (exact) mass is 782 g/mol. The van der Waals surface area contributed by atoms with Gasteiger partial charge in [0.2, 0.25) is 0 Å². The van der Waals surface area contributed by atoms with Crippen LogP contribution in [-0.4, -0.2) is 19.1 Å². The summed E-state index contributed by atoms with van der Waals surface area (Å²) in [7, 11) is 0. The number of fused-ring (bicyclic) bond motifs is 4.